The van der Waals surface area contributed by atoms with Gasteiger partial charge in [0.2, 0.25) is 0 Å². The van der Waals surface area contributed by atoms with Crippen LogP contribution in [0.3, 0.4) is 0 Å². The van der Waals surface area contributed by atoms with Crippen LogP contribution >= 0.6 is 23.2 Å². The topological polar surface area (TPSA) is 57.7 Å². The third kappa shape index (κ3) is 4.51. The maximum absolute atomic E-state index is 12.8. The Balaban J connectivity index is 1.69. The second kappa shape index (κ2) is 8.42. The lowest BCUT2D eigenvalue weighted by molar-refractivity contribution is 0.0533. The van der Waals surface area contributed by atoms with E-state index >= 15 is 0 Å². The molecule has 0 aliphatic carbocycles. The Morgan fingerprint density at radius 2 is 1.41 bits per heavy atom. The molecule has 1 aliphatic heterocycles. The first kappa shape index (κ1) is 19.9. The molecule has 27 heavy (non-hydrogen) atoms. The van der Waals surface area contributed by atoms with Gasteiger partial charge in [0.25, 0.3) is 11.8 Å². The minimum Gasteiger partial charge on any atom is -0.335 e. The maximum Gasteiger partial charge on any atom is 0.255 e. The molecule has 1 aliphatic rings. The largest absolute Gasteiger partial charge is 0.335 e. The molecular formula is C19H18Cl2N2O3S. The molecule has 2 aromatic carbocycles. The van der Waals surface area contributed by atoms with Crippen molar-refractivity contribution in [1.82, 2.24) is 9.80 Å². The molecule has 0 bridgehead atoms. The molecule has 1 unspecified atom stereocenters. The molecule has 0 aromatic heterocycles. The highest BCUT2D eigenvalue weighted by Crippen LogP contribution is 2.21. The average molecular weight is 425 g/mol. The Morgan fingerprint density at radius 1 is 0.889 bits per heavy atom. The Bertz CT molecular complexity index is 891. The van der Waals surface area contributed by atoms with Crippen LogP contribution in [0.15, 0.2) is 47.4 Å². The number of rotatable bonds is 3. The normalized spacial score (nSPS) is 15.5. The van der Waals surface area contributed by atoms with Gasteiger partial charge in [0.15, 0.2) is 0 Å². The molecule has 1 saturated heterocycles. The summed E-state index contributed by atoms with van der Waals surface area (Å²) in [6.45, 7) is 1.63. The molecule has 0 saturated carbocycles. The second-order valence-corrected chi connectivity index (χ2v) is 8.41. The number of carbonyl (C=O) groups excluding carboxylic acids is 2. The lowest BCUT2D eigenvalue weighted by Crippen LogP contribution is -2.50. The first-order valence-electron chi connectivity index (χ1n) is 8.34. The van der Waals surface area contributed by atoms with Crippen LogP contribution < -0.4 is 0 Å². The number of benzene rings is 2. The molecular weight excluding hydrogens is 407 g/mol. The molecule has 1 fully saturated rings. The van der Waals surface area contributed by atoms with Crippen molar-refractivity contribution in [3.05, 3.63) is 63.6 Å². The van der Waals surface area contributed by atoms with Gasteiger partial charge in [-0.25, -0.2) is 0 Å². The van der Waals surface area contributed by atoms with E-state index in [1.165, 1.54) is 0 Å². The van der Waals surface area contributed by atoms with Crippen LogP contribution in [0.1, 0.15) is 20.7 Å². The third-order valence-corrected chi connectivity index (χ3v) is 5.80. The van der Waals surface area contributed by atoms with E-state index in [9.17, 15) is 13.8 Å². The van der Waals surface area contributed by atoms with Crippen molar-refractivity contribution in [3.8, 4) is 0 Å². The Hall–Kier alpha value is -1.89. The predicted octanol–water partition coefficient (Wildman–Crippen LogP) is 3.33. The van der Waals surface area contributed by atoms with E-state index in [1.54, 1.807) is 58.5 Å². The number of piperazine rings is 1. The first-order chi connectivity index (χ1) is 12.9. The fourth-order valence-corrected chi connectivity index (χ4v) is 4.30. The van der Waals surface area contributed by atoms with Gasteiger partial charge in [-0.15, -0.1) is 0 Å². The van der Waals surface area contributed by atoms with Crippen molar-refractivity contribution in [3.63, 3.8) is 0 Å². The highest BCUT2D eigenvalue weighted by molar-refractivity contribution is 7.84. The summed E-state index contributed by atoms with van der Waals surface area (Å²) >= 11 is 11.9. The molecule has 142 valence electrons. The summed E-state index contributed by atoms with van der Waals surface area (Å²) in [5.74, 6) is -0.333. The van der Waals surface area contributed by atoms with Gasteiger partial charge in [0.05, 0.1) is 21.3 Å². The van der Waals surface area contributed by atoms with Crippen LogP contribution in [-0.2, 0) is 10.8 Å². The van der Waals surface area contributed by atoms with Gasteiger partial charge in [-0.05, 0) is 30.3 Å². The lowest BCUT2D eigenvalue weighted by Gasteiger charge is -2.35. The van der Waals surface area contributed by atoms with Gasteiger partial charge in [0.1, 0.15) is 0 Å². The summed E-state index contributed by atoms with van der Waals surface area (Å²) in [5, 5.41) is 0.813. The van der Waals surface area contributed by atoms with Gasteiger partial charge >= 0.3 is 0 Å². The summed E-state index contributed by atoms with van der Waals surface area (Å²) in [5.41, 5.74) is 0.874. The molecule has 8 heteroatoms. The van der Waals surface area contributed by atoms with E-state index < -0.39 is 10.8 Å². The van der Waals surface area contributed by atoms with Gasteiger partial charge in [-0.2, -0.15) is 0 Å². The van der Waals surface area contributed by atoms with E-state index in [2.05, 4.69) is 0 Å². The van der Waals surface area contributed by atoms with E-state index in [-0.39, 0.29) is 11.8 Å². The maximum atomic E-state index is 12.8. The zero-order valence-corrected chi connectivity index (χ0v) is 17.0. The highest BCUT2D eigenvalue weighted by atomic mass is 35.5. The fraction of sp³-hybridized carbons (Fsp3) is 0.263. The number of hydrogen-bond acceptors (Lipinski definition) is 3. The molecule has 5 nitrogen and oxygen atoms in total. The van der Waals surface area contributed by atoms with Crippen molar-refractivity contribution in [2.45, 2.75) is 4.90 Å². The Labute approximate surface area is 170 Å². The van der Waals surface area contributed by atoms with Crippen LogP contribution in [-0.4, -0.2) is 58.3 Å². The number of halogens is 2. The molecule has 3 rings (SSSR count). The van der Waals surface area contributed by atoms with Crippen molar-refractivity contribution in [1.29, 1.82) is 0 Å². The first-order valence-corrected chi connectivity index (χ1v) is 10.7. The summed E-state index contributed by atoms with van der Waals surface area (Å²) in [6, 6.07) is 11.6. The second-order valence-electron chi connectivity index (χ2n) is 6.19. The number of carbonyl (C=O) groups is 2. The number of amides is 2. The summed E-state index contributed by atoms with van der Waals surface area (Å²) < 4.78 is 11.9. The highest BCUT2D eigenvalue weighted by Gasteiger charge is 2.27. The van der Waals surface area contributed by atoms with E-state index in [4.69, 9.17) is 23.2 Å². The molecule has 0 spiro atoms. The lowest BCUT2D eigenvalue weighted by atomic mass is 10.1. The molecule has 2 amide bonds. The van der Waals surface area contributed by atoms with Gasteiger partial charge in [-0.1, -0.05) is 35.3 Å². The average Bonchev–Trinajstić information content (AvgIpc) is 2.66. The summed E-state index contributed by atoms with van der Waals surface area (Å²) in [6.07, 6.45) is 1.55. The fourth-order valence-electron chi connectivity index (χ4n) is 3.04. The monoisotopic (exact) mass is 424 g/mol. The molecule has 1 atom stereocenters. The van der Waals surface area contributed by atoms with E-state index in [0.29, 0.717) is 52.2 Å². The zero-order chi connectivity index (χ0) is 19.6. The number of hydrogen-bond donors (Lipinski definition) is 0. The van der Waals surface area contributed by atoms with Crippen molar-refractivity contribution in [2.24, 2.45) is 0 Å². The van der Waals surface area contributed by atoms with E-state index in [1.807, 2.05) is 0 Å². The quantitative estimate of drug-likeness (QED) is 0.758. The summed E-state index contributed by atoms with van der Waals surface area (Å²) in [4.78, 5) is 29.4. The Kier molecular flexibility index (Phi) is 6.19. The summed E-state index contributed by atoms with van der Waals surface area (Å²) in [7, 11) is -1.25. The van der Waals surface area contributed by atoms with Gasteiger partial charge in [-0.3, -0.25) is 13.8 Å². The van der Waals surface area contributed by atoms with Gasteiger partial charge in [0, 0.05) is 48.0 Å². The SMILES string of the molecule is CS(=O)c1ccccc1C(=O)N1CCN(C(=O)c2cc(Cl)cc(Cl)c2)CC1. The van der Waals surface area contributed by atoms with Crippen LogP contribution in [0.4, 0.5) is 0 Å². The predicted molar refractivity (Wildman–Crippen MR) is 107 cm³/mol. The van der Waals surface area contributed by atoms with Crippen molar-refractivity contribution < 1.29 is 13.8 Å². The smallest absolute Gasteiger partial charge is 0.255 e. The minimum absolute atomic E-state index is 0.165. The molecule has 1 heterocycles. The molecule has 0 radical (unpaired) electrons. The Morgan fingerprint density at radius 3 is 1.96 bits per heavy atom. The molecule has 2 aromatic rings. The van der Waals surface area contributed by atoms with Crippen LogP contribution in [0, 0.1) is 0 Å². The standard InChI is InChI=1S/C19H18Cl2N2O3S/c1-27(26)17-5-3-2-4-16(17)19(25)23-8-6-22(7-9-23)18(24)13-10-14(20)12-15(21)11-13/h2-5,10-12H,6-9H2,1H3. The van der Waals surface area contributed by atoms with Crippen LogP contribution in [0.2, 0.25) is 10.0 Å². The number of nitrogens with zero attached hydrogens (tertiary/aromatic N) is 2. The zero-order valence-electron chi connectivity index (χ0n) is 14.7. The third-order valence-electron chi connectivity index (χ3n) is 4.39. The van der Waals surface area contributed by atoms with Crippen LogP contribution in [0.25, 0.3) is 0 Å². The van der Waals surface area contributed by atoms with Gasteiger partial charge < -0.3 is 9.80 Å². The van der Waals surface area contributed by atoms with Crippen LogP contribution in [0.5, 0.6) is 0 Å². The molecule has 0 N–H and O–H groups in total. The van der Waals surface area contributed by atoms with Crippen molar-refractivity contribution in [2.75, 3.05) is 32.4 Å². The van der Waals surface area contributed by atoms with Crippen molar-refractivity contribution >= 4 is 45.8 Å². The van der Waals surface area contributed by atoms with E-state index in [0.717, 1.165) is 0 Å². The minimum atomic E-state index is -1.25.